The molecule has 3 rings (SSSR count). The van der Waals surface area contributed by atoms with Crippen molar-refractivity contribution in [3.05, 3.63) is 73.1 Å². The Morgan fingerprint density at radius 1 is 1.12 bits per heavy atom. The van der Waals surface area contributed by atoms with Gasteiger partial charge in [0, 0.05) is 20.6 Å². The Balaban J connectivity index is 2.12. The smallest absolute Gasteiger partial charge is 0.276 e. The first-order valence-corrected chi connectivity index (χ1v) is 8.09. The van der Waals surface area contributed by atoms with E-state index in [1.807, 2.05) is 0 Å². The Labute approximate surface area is 156 Å². The van der Waals surface area contributed by atoms with Crippen LogP contribution in [-0.4, -0.2) is 26.0 Å². The molecule has 0 unspecified atom stereocenters. The van der Waals surface area contributed by atoms with E-state index >= 15 is 0 Å². The topological polar surface area (TPSA) is 98.6 Å². The van der Waals surface area contributed by atoms with E-state index in [-0.39, 0.29) is 22.0 Å². The van der Waals surface area contributed by atoms with E-state index in [0.717, 1.165) is 0 Å². The Hall–Kier alpha value is -2.12. The molecule has 0 aliphatic rings. The van der Waals surface area contributed by atoms with Crippen molar-refractivity contribution in [1.29, 1.82) is 0 Å². The van der Waals surface area contributed by atoms with Crippen molar-refractivity contribution in [2.24, 2.45) is 5.16 Å². The highest BCUT2D eigenvalue weighted by Gasteiger charge is 2.24. The second-order valence-corrected chi connectivity index (χ2v) is 6.41. The molecule has 0 radical (unpaired) electrons. The first-order chi connectivity index (χ1) is 11.9. The minimum atomic E-state index is -1.48. The van der Waals surface area contributed by atoms with E-state index < -0.39 is 11.7 Å². The molecule has 0 saturated heterocycles. The van der Waals surface area contributed by atoms with Crippen molar-refractivity contribution in [2.45, 2.75) is 6.10 Å². The number of hydrogen-bond acceptors (Lipinski definition) is 5. The quantitative estimate of drug-likeness (QED) is 0.355. The molecule has 1 aromatic heterocycles. The third-order valence-corrected chi connectivity index (χ3v) is 4.32. The number of fused-ring (bicyclic) bond motifs is 1. The van der Waals surface area contributed by atoms with Gasteiger partial charge >= 0.3 is 0 Å². The highest BCUT2D eigenvalue weighted by molar-refractivity contribution is 6.35. The van der Waals surface area contributed by atoms with Crippen LogP contribution in [-0.2, 0) is 0 Å². The molecule has 0 amide bonds. The highest BCUT2D eigenvalue weighted by atomic mass is 35.5. The van der Waals surface area contributed by atoms with Gasteiger partial charge in [-0.3, -0.25) is 4.79 Å². The van der Waals surface area contributed by atoms with Gasteiger partial charge in [0.2, 0.25) is 0 Å². The molecule has 1 heterocycles. The third-order valence-electron chi connectivity index (χ3n) is 3.52. The number of oxime groups is 1. The van der Waals surface area contributed by atoms with Crippen LogP contribution >= 0.6 is 34.8 Å². The van der Waals surface area contributed by atoms with Gasteiger partial charge in [0.25, 0.3) is 5.56 Å². The summed E-state index contributed by atoms with van der Waals surface area (Å²) in [6.07, 6.45) is -1.48. The maximum atomic E-state index is 12.3. The van der Waals surface area contributed by atoms with Gasteiger partial charge in [-0.1, -0.05) is 46.0 Å². The van der Waals surface area contributed by atoms with Crippen LogP contribution in [0.4, 0.5) is 0 Å². The Bertz CT molecular complexity index is 1050. The SMILES string of the molecule is O=c1[nH]c2cc(Cl)ccc2nc1/C(=N/O)[C@@H](O)c1ccc(Cl)cc1Cl. The summed E-state index contributed by atoms with van der Waals surface area (Å²) in [6.45, 7) is 0. The van der Waals surface area contributed by atoms with Crippen molar-refractivity contribution in [3.63, 3.8) is 0 Å². The first kappa shape index (κ1) is 17.7. The number of nitrogens with zero attached hydrogens (tertiary/aromatic N) is 2. The lowest BCUT2D eigenvalue weighted by atomic mass is 10.0. The third kappa shape index (κ3) is 3.48. The predicted octanol–water partition coefficient (Wildman–Crippen LogP) is 3.80. The maximum absolute atomic E-state index is 12.3. The summed E-state index contributed by atoms with van der Waals surface area (Å²) < 4.78 is 0. The zero-order valence-electron chi connectivity index (χ0n) is 12.4. The van der Waals surface area contributed by atoms with Crippen LogP contribution in [0.1, 0.15) is 17.4 Å². The van der Waals surface area contributed by atoms with Crippen molar-refractivity contribution in [1.82, 2.24) is 9.97 Å². The molecule has 25 heavy (non-hydrogen) atoms. The summed E-state index contributed by atoms with van der Waals surface area (Å²) in [5.74, 6) is 0. The van der Waals surface area contributed by atoms with Crippen molar-refractivity contribution in [2.75, 3.05) is 0 Å². The molecule has 0 aliphatic carbocycles. The van der Waals surface area contributed by atoms with Gasteiger partial charge in [0.15, 0.2) is 5.69 Å². The molecule has 2 aromatic carbocycles. The van der Waals surface area contributed by atoms with Gasteiger partial charge in [-0.05, 0) is 30.3 Å². The molecular weight excluding hydrogens is 389 g/mol. The van der Waals surface area contributed by atoms with E-state index in [2.05, 4.69) is 15.1 Å². The van der Waals surface area contributed by atoms with Crippen LogP contribution < -0.4 is 5.56 Å². The molecule has 3 N–H and O–H groups in total. The van der Waals surface area contributed by atoms with Crippen LogP contribution in [0.15, 0.2) is 46.3 Å². The Kier molecular flexibility index (Phi) is 4.96. The summed E-state index contributed by atoms with van der Waals surface area (Å²) >= 11 is 17.8. The maximum Gasteiger partial charge on any atom is 0.276 e. The molecule has 128 valence electrons. The summed E-state index contributed by atoms with van der Waals surface area (Å²) in [6, 6.07) is 9.14. The van der Waals surface area contributed by atoms with E-state index in [9.17, 15) is 15.1 Å². The number of halogens is 3. The van der Waals surface area contributed by atoms with Crippen molar-refractivity contribution in [3.8, 4) is 0 Å². The number of benzene rings is 2. The molecule has 0 saturated carbocycles. The standard InChI is InChI=1S/C16H10Cl3N3O3/c17-7-1-3-9(10(19)5-7)15(23)13(22-25)14-16(24)21-12-6-8(18)2-4-11(12)20-14/h1-6,15,23,25H,(H,21,24)/b22-13-/t15-/m0/s1. The monoisotopic (exact) mass is 397 g/mol. The zero-order chi connectivity index (χ0) is 18.1. The molecule has 0 spiro atoms. The Morgan fingerprint density at radius 3 is 2.48 bits per heavy atom. The second-order valence-electron chi connectivity index (χ2n) is 5.13. The average molecular weight is 399 g/mol. The number of aliphatic hydroxyl groups is 1. The van der Waals surface area contributed by atoms with E-state index in [1.54, 1.807) is 12.1 Å². The summed E-state index contributed by atoms with van der Waals surface area (Å²) in [5.41, 5.74) is -0.187. The molecule has 1 atom stereocenters. The minimum Gasteiger partial charge on any atom is -0.410 e. The zero-order valence-corrected chi connectivity index (χ0v) is 14.6. The van der Waals surface area contributed by atoms with Gasteiger partial charge in [0.1, 0.15) is 11.8 Å². The lowest BCUT2D eigenvalue weighted by molar-refractivity contribution is 0.235. The molecule has 0 fully saturated rings. The van der Waals surface area contributed by atoms with E-state index in [1.165, 1.54) is 24.3 Å². The normalized spacial score (nSPS) is 13.2. The molecular formula is C16H10Cl3N3O3. The number of H-pyrrole nitrogens is 1. The fraction of sp³-hybridized carbons (Fsp3) is 0.0625. The fourth-order valence-electron chi connectivity index (χ4n) is 2.33. The second kappa shape index (κ2) is 7.01. The molecule has 9 heteroatoms. The lowest BCUT2D eigenvalue weighted by Gasteiger charge is -2.14. The van der Waals surface area contributed by atoms with Gasteiger partial charge in [-0.2, -0.15) is 0 Å². The molecule has 0 aliphatic heterocycles. The number of hydrogen-bond donors (Lipinski definition) is 3. The van der Waals surface area contributed by atoms with Gasteiger partial charge in [0.05, 0.1) is 11.0 Å². The van der Waals surface area contributed by atoms with Crippen LogP contribution in [0.25, 0.3) is 11.0 Å². The Morgan fingerprint density at radius 2 is 1.80 bits per heavy atom. The largest absolute Gasteiger partial charge is 0.410 e. The van der Waals surface area contributed by atoms with Crippen molar-refractivity contribution < 1.29 is 10.3 Å². The lowest BCUT2D eigenvalue weighted by Crippen LogP contribution is -2.25. The first-order valence-electron chi connectivity index (χ1n) is 6.95. The highest BCUT2D eigenvalue weighted by Crippen LogP contribution is 2.28. The van der Waals surface area contributed by atoms with E-state index in [0.29, 0.717) is 21.1 Å². The van der Waals surface area contributed by atoms with Gasteiger partial charge in [-0.25, -0.2) is 4.98 Å². The number of nitrogens with one attached hydrogen (secondary N) is 1. The number of aromatic nitrogens is 2. The average Bonchev–Trinajstić information content (AvgIpc) is 2.56. The summed E-state index contributed by atoms with van der Waals surface area (Å²) in [5, 5.41) is 23.9. The fourth-order valence-corrected chi connectivity index (χ4v) is 3.02. The number of aliphatic hydroxyl groups excluding tert-OH is 1. The van der Waals surface area contributed by atoms with Gasteiger partial charge in [-0.15, -0.1) is 0 Å². The van der Waals surface area contributed by atoms with Crippen LogP contribution in [0.2, 0.25) is 15.1 Å². The van der Waals surface area contributed by atoms with Crippen LogP contribution in [0.3, 0.4) is 0 Å². The van der Waals surface area contributed by atoms with Crippen LogP contribution in [0.5, 0.6) is 0 Å². The molecule has 6 nitrogen and oxygen atoms in total. The summed E-state index contributed by atoms with van der Waals surface area (Å²) in [4.78, 5) is 19.0. The minimum absolute atomic E-state index is 0.158. The van der Waals surface area contributed by atoms with Gasteiger partial charge < -0.3 is 15.3 Å². The van der Waals surface area contributed by atoms with E-state index in [4.69, 9.17) is 34.8 Å². The molecule has 3 aromatic rings. The van der Waals surface area contributed by atoms with Crippen molar-refractivity contribution >= 4 is 51.5 Å². The number of rotatable bonds is 3. The predicted molar refractivity (Wildman–Crippen MR) is 97.1 cm³/mol. The number of aromatic amines is 1. The van der Waals surface area contributed by atoms with Crippen LogP contribution in [0, 0.1) is 0 Å². The summed E-state index contributed by atoms with van der Waals surface area (Å²) in [7, 11) is 0. The molecule has 0 bridgehead atoms.